The number of carboxylic acids is 1. The third-order valence-corrected chi connectivity index (χ3v) is 6.12. The average molecular weight is 449 g/mol. The Bertz CT molecular complexity index is 601. The number of nitrogens with zero attached hydrogens (tertiary/aromatic N) is 1. The van der Waals surface area contributed by atoms with Crippen molar-refractivity contribution in [3.8, 4) is 0 Å². The van der Waals surface area contributed by atoms with E-state index in [1.54, 1.807) is 0 Å². The Morgan fingerprint density at radius 2 is 1.74 bits per heavy atom. The first-order chi connectivity index (χ1) is 14.8. The van der Waals surface area contributed by atoms with Crippen molar-refractivity contribution in [3.63, 3.8) is 0 Å². The number of rotatable bonds is 12. The van der Waals surface area contributed by atoms with E-state index in [1.807, 2.05) is 0 Å². The number of esters is 1. The maximum atomic E-state index is 12.2. The standard InChI is InChI=1S/C19H31NO11/c21-15-4-2-12(13(8-15)10-29-27)11-31-30-7-1-6-28-19(24)16-5-3-14(20(25)26)9-17(16)18(22)23/h12-17,21,27H,1-11H2,(H,22,23). The van der Waals surface area contributed by atoms with Crippen molar-refractivity contribution in [3.05, 3.63) is 10.1 Å². The molecule has 0 amide bonds. The molecule has 0 spiro atoms. The minimum absolute atomic E-state index is 0.0142. The van der Waals surface area contributed by atoms with Gasteiger partial charge in [-0.2, -0.15) is 0 Å². The molecule has 0 heterocycles. The van der Waals surface area contributed by atoms with Crippen molar-refractivity contribution < 1.29 is 49.4 Å². The Hall–Kier alpha value is -1.86. The van der Waals surface area contributed by atoms with Crippen LogP contribution < -0.4 is 0 Å². The summed E-state index contributed by atoms with van der Waals surface area (Å²) in [6.45, 7) is 0.559. The van der Waals surface area contributed by atoms with Crippen molar-refractivity contribution >= 4 is 11.9 Å². The number of carbonyl (C=O) groups is 2. The van der Waals surface area contributed by atoms with Crippen LogP contribution in [-0.2, 0) is 29.0 Å². The summed E-state index contributed by atoms with van der Waals surface area (Å²) in [5.41, 5.74) is 0. The SMILES string of the molecule is O=C(O)C1CC([N+](=O)[O-])CCC1C(=O)OCCCOOCC1CCC(O)CC1COO. The normalized spacial score (nSPS) is 31.2. The molecule has 0 aromatic rings. The summed E-state index contributed by atoms with van der Waals surface area (Å²) in [5, 5.41) is 38.6. The van der Waals surface area contributed by atoms with Crippen LogP contribution in [0, 0.1) is 33.8 Å². The van der Waals surface area contributed by atoms with E-state index in [0.29, 0.717) is 19.3 Å². The van der Waals surface area contributed by atoms with Gasteiger partial charge in [0, 0.05) is 24.2 Å². The predicted molar refractivity (Wildman–Crippen MR) is 102 cm³/mol. The number of hydrogen-bond acceptors (Lipinski definition) is 10. The molecule has 0 aromatic heterocycles. The van der Waals surface area contributed by atoms with E-state index in [1.165, 1.54) is 0 Å². The average Bonchev–Trinajstić information content (AvgIpc) is 2.73. The lowest BCUT2D eigenvalue weighted by Gasteiger charge is -2.32. The van der Waals surface area contributed by atoms with Crippen LogP contribution in [0.25, 0.3) is 0 Å². The summed E-state index contributed by atoms with van der Waals surface area (Å²) in [6, 6.07) is -0.952. The second-order valence-corrected chi connectivity index (χ2v) is 8.21. The van der Waals surface area contributed by atoms with Gasteiger partial charge in [0.25, 0.3) is 0 Å². The van der Waals surface area contributed by atoms with Crippen molar-refractivity contribution in [1.29, 1.82) is 0 Å². The van der Waals surface area contributed by atoms with Crippen LogP contribution in [0.2, 0.25) is 0 Å². The van der Waals surface area contributed by atoms with E-state index in [4.69, 9.17) is 19.8 Å². The molecule has 178 valence electrons. The molecule has 2 aliphatic rings. The van der Waals surface area contributed by atoms with E-state index < -0.39 is 40.8 Å². The molecule has 2 aliphatic carbocycles. The van der Waals surface area contributed by atoms with Gasteiger partial charge in [0.2, 0.25) is 6.04 Å². The van der Waals surface area contributed by atoms with Crippen molar-refractivity contribution in [1.82, 2.24) is 0 Å². The van der Waals surface area contributed by atoms with Gasteiger partial charge < -0.3 is 14.9 Å². The monoisotopic (exact) mass is 449 g/mol. The topological polar surface area (TPSA) is 175 Å². The summed E-state index contributed by atoms with van der Waals surface area (Å²) in [6.07, 6.45) is 1.88. The highest BCUT2D eigenvalue weighted by atomic mass is 17.2. The molecular weight excluding hydrogens is 418 g/mol. The molecule has 2 saturated carbocycles. The van der Waals surface area contributed by atoms with Crippen molar-refractivity contribution in [2.75, 3.05) is 26.4 Å². The largest absolute Gasteiger partial charge is 0.481 e. The van der Waals surface area contributed by atoms with Crippen molar-refractivity contribution in [2.45, 2.75) is 57.1 Å². The first-order valence-corrected chi connectivity index (χ1v) is 10.5. The van der Waals surface area contributed by atoms with Crippen molar-refractivity contribution in [2.24, 2.45) is 23.7 Å². The fourth-order valence-corrected chi connectivity index (χ4v) is 4.31. The lowest BCUT2D eigenvalue weighted by Crippen LogP contribution is -2.40. The minimum atomic E-state index is -1.23. The third kappa shape index (κ3) is 7.96. The third-order valence-electron chi connectivity index (χ3n) is 6.12. The molecule has 6 unspecified atom stereocenters. The van der Waals surface area contributed by atoms with E-state index in [-0.39, 0.29) is 57.5 Å². The van der Waals surface area contributed by atoms with Gasteiger partial charge in [0.1, 0.15) is 0 Å². The highest BCUT2D eigenvalue weighted by molar-refractivity contribution is 5.81. The zero-order valence-electron chi connectivity index (χ0n) is 17.3. The Balaban J connectivity index is 1.62. The predicted octanol–water partition coefficient (Wildman–Crippen LogP) is 1.28. The number of hydrogen-bond donors (Lipinski definition) is 3. The van der Waals surface area contributed by atoms with Gasteiger partial charge in [-0.3, -0.25) is 25.0 Å². The zero-order chi connectivity index (χ0) is 22.8. The molecule has 2 fully saturated rings. The van der Waals surface area contributed by atoms with Crippen LogP contribution in [0.1, 0.15) is 44.9 Å². The summed E-state index contributed by atoms with van der Waals surface area (Å²) in [7, 11) is 0. The number of aliphatic hydroxyl groups excluding tert-OH is 1. The van der Waals surface area contributed by atoms with E-state index in [0.717, 1.165) is 6.42 Å². The smallest absolute Gasteiger partial charge is 0.309 e. The summed E-state index contributed by atoms with van der Waals surface area (Å²) in [5.74, 6) is -3.87. The van der Waals surface area contributed by atoms with E-state index >= 15 is 0 Å². The van der Waals surface area contributed by atoms with Crippen LogP contribution in [0.15, 0.2) is 0 Å². The van der Waals surface area contributed by atoms with Crippen LogP contribution >= 0.6 is 0 Å². The molecule has 31 heavy (non-hydrogen) atoms. The molecule has 2 rings (SSSR count). The maximum absolute atomic E-state index is 12.2. The number of carbonyl (C=O) groups excluding carboxylic acids is 1. The van der Waals surface area contributed by atoms with Gasteiger partial charge in [-0.1, -0.05) is 0 Å². The van der Waals surface area contributed by atoms with Gasteiger partial charge >= 0.3 is 11.9 Å². The van der Waals surface area contributed by atoms with Gasteiger partial charge in [0.05, 0.1) is 44.4 Å². The molecular formula is C19H31NO11. The number of carboxylic acid groups (broad SMARTS) is 1. The lowest BCUT2D eigenvalue weighted by atomic mass is 9.77. The van der Waals surface area contributed by atoms with Crippen LogP contribution in [0.5, 0.6) is 0 Å². The van der Waals surface area contributed by atoms with E-state index in [9.17, 15) is 29.9 Å². The Morgan fingerprint density at radius 3 is 2.42 bits per heavy atom. The molecule has 3 N–H and O–H groups in total. The molecule has 0 saturated heterocycles. The number of nitro groups is 1. The zero-order valence-corrected chi connectivity index (χ0v) is 17.3. The molecule has 0 aromatic carbocycles. The maximum Gasteiger partial charge on any atom is 0.309 e. The Kier molecular flexibility index (Phi) is 10.5. The number of aliphatic carboxylic acids is 1. The number of ether oxygens (including phenoxy) is 1. The molecule has 0 aliphatic heterocycles. The first-order valence-electron chi connectivity index (χ1n) is 10.5. The van der Waals surface area contributed by atoms with E-state index in [2.05, 4.69) is 4.89 Å². The highest BCUT2D eigenvalue weighted by Crippen LogP contribution is 2.33. The highest BCUT2D eigenvalue weighted by Gasteiger charge is 2.44. The molecule has 12 nitrogen and oxygen atoms in total. The number of aliphatic hydroxyl groups is 1. The summed E-state index contributed by atoms with van der Waals surface area (Å²) < 4.78 is 5.14. The quantitative estimate of drug-likeness (QED) is 0.129. The molecule has 12 heteroatoms. The second kappa shape index (κ2) is 12.9. The summed E-state index contributed by atoms with van der Waals surface area (Å²) in [4.78, 5) is 48.5. The molecule has 0 radical (unpaired) electrons. The Labute approximate surface area is 179 Å². The fourth-order valence-electron chi connectivity index (χ4n) is 4.31. The second-order valence-electron chi connectivity index (χ2n) is 8.21. The van der Waals surface area contributed by atoms with Crippen LogP contribution in [0.3, 0.4) is 0 Å². The lowest BCUT2D eigenvalue weighted by molar-refractivity contribution is -0.528. The van der Waals surface area contributed by atoms with Gasteiger partial charge in [0.15, 0.2) is 0 Å². The molecule has 6 atom stereocenters. The van der Waals surface area contributed by atoms with Gasteiger partial charge in [-0.25, -0.2) is 14.7 Å². The van der Waals surface area contributed by atoms with Gasteiger partial charge in [-0.15, -0.1) is 0 Å². The van der Waals surface area contributed by atoms with Crippen LogP contribution in [-0.4, -0.2) is 70.9 Å². The first kappa shape index (κ1) is 25.4. The minimum Gasteiger partial charge on any atom is -0.481 e. The summed E-state index contributed by atoms with van der Waals surface area (Å²) >= 11 is 0. The Morgan fingerprint density at radius 1 is 0.968 bits per heavy atom. The van der Waals surface area contributed by atoms with Crippen LogP contribution in [0.4, 0.5) is 0 Å². The fraction of sp³-hybridized carbons (Fsp3) is 0.895. The molecule has 0 bridgehead atoms. The van der Waals surface area contributed by atoms with Gasteiger partial charge in [-0.05, 0) is 37.5 Å².